The van der Waals surface area contributed by atoms with Crippen LogP contribution in [-0.4, -0.2) is 58.5 Å². The number of halogens is 3. The number of nitrogens with zero attached hydrogens (tertiary/aromatic N) is 2. The lowest BCUT2D eigenvalue weighted by atomic mass is 9.74. The number of hydrogen-bond acceptors (Lipinski definition) is 5. The molecule has 1 aliphatic carbocycles. The number of rotatable bonds is 6. The molecule has 2 fully saturated rings. The monoisotopic (exact) mass is 540 g/mol. The van der Waals surface area contributed by atoms with Crippen LogP contribution in [0.2, 0.25) is 0 Å². The van der Waals surface area contributed by atoms with E-state index in [1.807, 2.05) is 30.3 Å². The van der Waals surface area contributed by atoms with E-state index in [2.05, 4.69) is 20.5 Å². The molecule has 2 amide bonds. The van der Waals surface area contributed by atoms with Crippen molar-refractivity contribution in [3.63, 3.8) is 0 Å². The molecule has 1 saturated carbocycles. The highest BCUT2D eigenvalue weighted by Gasteiger charge is 2.46. The van der Waals surface area contributed by atoms with Crippen LogP contribution in [0.3, 0.4) is 0 Å². The molecule has 0 bridgehead atoms. The number of aromatic nitrogens is 1. The summed E-state index contributed by atoms with van der Waals surface area (Å²) in [6.07, 6.45) is 1.27. The van der Waals surface area contributed by atoms with Crippen molar-refractivity contribution in [2.75, 3.05) is 19.6 Å². The van der Waals surface area contributed by atoms with Crippen LogP contribution in [0.1, 0.15) is 53.6 Å². The van der Waals surface area contributed by atoms with Gasteiger partial charge in [-0.15, -0.1) is 0 Å². The highest BCUT2D eigenvalue weighted by molar-refractivity contribution is 5.96. The first kappa shape index (κ1) is 27.1. The molecule has 2 heterocycles. The third kappa shape index (κ3) is 5.77. The molecule has 3 aromatic rings. The lowest BCUT2D eigenvalue weighted by molar-refractivity contribution is -0.137. The summed E-state index contributed by atoms with van der Waals surface area (Å²) >= 11 is 0. The Morgan fingerprint density at radius 2 is 1.90 bits per heavy atom. The maximum atomic E-state index is 12.9. The number of amides is 2. The van der Waals surface area contributed by atoms with Crippen LogP contribution >= 0.6 is 0 Å². The fraction of sp³-hybridized carbons (Fsp3) is 0.414. The van der Waals surface area contributed by atoms with Gasteiger partial charge in [0.1, 0.15) is 5.60 Å². The van der Waals surface area contributed by atoms with Gasteiger partial charge in [-0.1, -0.05) is 37.1 Å². The predicted octanol–water partition coefficient (Wildman–Crippen LogP) is 4.00. The average Bonchev–Trinajstić information content (AvgIpc) is 3.39. The minimum absolute atomic E-state index is 0.112. The first-order valence-corrected chi connectivity index (χ1v) is 13.2. The zero-order chi connectivity index (χ0) is 27.6. The van der Waals surface area contributed by atoms with Crippen molar-refractivity contribution in [3.8, 4) is 0 Å². The average molecular weight is 541 g/mol. The maximum Gasteiger partial charge on any atom is 0.416 e. The molecule has 206 valence electrons. The lowest BCUT2D eigenvalue weighted by Gasteiger charge is -2.45. The van der Waals surface area contributed by atoms with Crippen LogP contribution < -0.4 is 10.6 Å². The molecule has 3 N–H and O–H groups in total. The van der Waals surface area contributed by atoms with Crippen molar-refractivity contribution in [2.45, 2.75) is 56.0 Å². The molecular formula is C29H31F3N4O3. The molecule has 2 aliphatic rings. The van der Waals surface area contributed by atoms with Crippen molar-refractivity contribution >= 4 is 22.7 Å². The molecule has 3 atom stereocenters. The number of benzene rings is 2. The van der Waals surface area contributed by atoms with Gasteiger partial charge in [-0.3, -0.25) is 19.5 Å². The highest BCUT2D eigenvalue weighted by atomic mass is 19.4. The zero-order valence-electron chi connectivity index (χ0n) is 21.4. The Kier molecular flexibility index (Phi) is 7.59. The van der Waals surface area contributed by atoms with Gasteiger partial charge in [0.05, 0.1) is 17.6 Å². The van der Waals surface area contributed by atoms with Crippen LogP contribution in [-0.2, 0) is 16.6 Å². The van der Waals surface area contributed by atoms with Gasteiger partial charge >= 0.3 is 6.18 Å². The topological polar surface area (TPSA) is 94.6 Å². The van der Waals surface area contributed by atoms with Crippen LogP contribution in [0, 0.1) is 0 Å². The smallest absolute Gasteiger partial charge is 0.383 e. The number of pyridine rings is 1. The Labute approximate surface area is 224 Å². The van der Waals surface area contributed by atoms with E-state index < -0.39 is 29.2 Å². The summed E-state index contributed by atoms with van der Waals surface area (Å²) in [6, 6.07) is 13.5. The van der Waals surface area contributed by atoms with Crippen LogP contribution in [0.25, 0.3) is 10.9 Å². The number of alkyl halides is 3. The lowest BCUT2D eigenvalue weighted by Crippen LogP contribution is -2.53. The molecule has 5 rings (SSSR count). The van der Waals surface area contributed by atoms with Gasteiger partial charge in [0.25, 0.3) is 5.91 Å². The minimum atomic E-state index is -4.56. The van der Waals surface area contributed by atoms with Gasteiger partial charge in [0.2, 0.25) is 5.91 Å². The number of likely N-dealkylation sites (tertiary alicyclic amines) is 1. The molecular weight excluding hydrogens is 509 g/mol. The molecule has 0 spiro atoms. The minimum Gasteiger partial charge on any atom is -0.383 e. The molecule has 2 aromatic carbocycles. The normalized spacial score (nSPS) is 24.0. The van der Waals surface area contributed by atoms with E-state index in [0.29, 0.717) is 25.9 Å². The molecule has 10 heteroatoms. The van der Waals surface area contributed by atoms with Gasteiger partial charge in [-0.05, 0) is 55.2 Å². The molecule has 1 aliphatic heterocycles. The highest BCUT2D eigenvalue weighted by Crippen LogP contribution is 2.43. The van der Waals surface area contributed by atoms with Crippen molar-refractivity contribution in [3.05, 3.63) is 77.5 Å². The van der Waals surface area contributed by atoms with E-state index in [0.717, 1.165) is 53.9 Å². The number of hydrogen-bond donors (Lipinski definition) is 3. The van der Waals surface area contributed by atoms with Gasteiger partial charge in [0, 0.05) is 42.3 Å². The largest absolute Gasteiger partial charge is 0.416 e. The first-order chi connectivity index (χ1) is 18.6. The van der Waals surface area contributed by atoms with Crippen molar-refractivity contribution in [1.29, 1.82) is 0 Å². The second-order valence-electron chi connectivity index (χ2n) is 10.4. The van der Waals surface area contributed by atoms with Crippen LogP contribution in [0.4, 0.5) is 13.2 Å². The Morgan fingerprint density at radius 1 is 1.08 bits per heavy atom. The maximum absolute atomic E-state index is 12.9. The van der Waals surface area contributed by atoms with E-state index in [-0.39, 0.29) is 24.2 Å². The number of fused-ring (bicyclic) bond motifs is 1. The molecule has 2 unspecified atom stereocenters. The fourth-order valence-corrected chi connectivity index (χ4v) is 5.98. The summed E-state index contributed by atoms with van der Waals surface area (Å²) in [5, 5.41) is 18.3. The molecule has 39 heavy (non-hydrogen) atoms. The molecule has 1 aromatic heterocycles. The number of aliphatic hydroxyl groups is 1. The van der Waals surface area contributed by atoms with Gasteiger partial charge in [-0.2, -0.15) is 13.2 Å². The molecule has 0 radical (unpaired) electrons. The van der Waals surface area contributed by atoms with Crippen molar-refractivity contribution < 1.29 is 27.9 Å². The third-order valence-electron chi connectivity index (χ3n) is 7.84. The SMILES string of the molecule is O=C(CNC(=O)c1cccc(C(F)(F)F)c1)N[C@@H]1CCN(C2CCCCC2(O)c2ccnc3ccccc23)C1. The van der Waals surface area contributed by atoms with Gasteiger partial charge in [0.15, 0.2) is 0 Å². The summed E-state index contributed by atoms with van der Waals surface area (Å²) < 4.78 is 38.8. The van der Waals surface area contributed by atoms with E-state index in [1.165, 1.54) is 6.07 Å². The summed E-state index contributed by atoms with van der Waals surface area (Å²) in [5.41, 5.74) is -0.412. The quantitative estimate of drug-likeness (QED) is 0.440. The second kappa shape index (κ2) is 10.9. The summed E-state index contributed by atoms with van der Waals surface area (Å²) in [7, 11) is 0. The predicted molar refractivity (Wildman–Crippen MR) is 140 cm³/mol. The molecule has 1 saturated heterocycles. The van der Waals surface area contributed by atoms with Gasteiger partial charge < -0.3 is 15.7 Å². The van der Waals surface area contributed by atoms with E-state index in [9.17, 15) is 27.9 Å². The zero-order valence-corrected chi connectivity index (χ0v) is 21.4. The standard InChI is InChI=1S/C29H31F3N4O3/c30-29(31,32)20-7-5-6-19(16-20)27(38)34-17-26(37)35-21-12-15-36(18-21)25-10-3-4-13-28(25,39)23-11-14-33-24-9-2-1-8-22(23)24/h1-2,5-9,11,14,16,21,25,39H,3-4,10,12-13,15,17-18H2,(H,34,38)(H,35,37)/t21-,25?,28?/m1/s1. The Morgan fingerprint density at radius 3 is 2.72 bits per heavy atom. The number of nitrogens with one attached hydrogen (secondary N) is 2. The van der Waals surface area contributed by atoms with E-state index in [4.69, 9.17) is 0 Å². The van der Waals surface area contributed by atoms with Crippen molar-refractivity contribution in [1.82, 2.24) is 20.5 Å². The summed E-state index contributed by atoms with van der Waals surface area (Å²) in [6.45, 7) is 0.919. The number of para-hydroxylation sites is 1. The van der Waals surface area contributed by atoms with E-state index >= 15 is 0 Å². The second-order valence-corrected chi connectivity index (χ2v) is 10.4. The summed E-state index contributed by atoms with van der Waals surface area (Å²) in [4.78, 5) is 31.6. The van der Waals surface area contributed by atoms with Crippen LogP contribution in [0.15, 0.2) is 60.8 Å². The third-order valence-corrected chi connectivity index (χ3v) is 7.84. The van der Waals surface area contributed by atoms with Crippen molar-refractivity contribution in [2.24, 2.45) is 0 Å². The van der Waals surface area contributed by atoms with Gasteiger partial charge in [-0.25, -0.2) is 0 Å². The van der Waals surface area contributed by atoms with E-state index in [1.54, 1.807) is 6.20 Å². The number of carbonyl (C=O) groups excluding carboxylic acids is 2. The summed E-state index contributed by atoms with van der Waals surface area (Å²) in [5.74, 6) is -1.16. The van der Waals surface area contributed by atoms with Crippen LogP contribution in [0.5, 0.6) is 0 Å². The Bertz CT molecular complexity index is 1360. The first-order valence-electron chi connectivity index (χ1n) is 13.2. The Hall–Kier alpha value is -3.50. The Balaban J connectivity index is 1.20. The fourth-order valence-electron chi connectivity index (χ4n) is 5.98. The number of carbonyl (C=O) groups is 2. The molecule has 7 nitrogen and oxygen atoms in total.